The van der Waals surface area contributed by atoms with Crippen molar-refractivity contribution in [3.8, 4) is 22.8 Å². The van der Waals surface area contributed by atoms with E-state index in [1.54, 1.807) is 11.4 Å². The molecule has 0 radical (unpaired) electrons. The molecule has 0 saturated carbocycles. The van der Waals surface area contributed by atoms with Gasteiger partial charge in [-0.15, -0.1) is 11.3 Å². The second-order valence-corrected chi connectivity index (χ2v) is 11.5. The third-order valence-corrected chi connectivity index (χ3v) is 8.54. The molecule has 0 atom stereocenters. The Hall–Kier alpha value is -4.16. The molecule has 5 rings (SSSR count). The molecule has 0 N–H and O–H groups in total. The third kappa shape index (κ3) is 5.73. The van der Waals surface area contributed by atoms with Crippen LogP contribution in [0.1, 0.15) is 11.1 Å². The molecule has 7 nitrogen and oxygen atoms in total. The molecule has 0 bridgehead atoms. The monoisotopic (exact) mass is 586 g/mol. The summed E-state index contributed by atoms with van der Waals surface area (Å²) in [5, 5.41) is 2.13. The zero-order valence-corrected chi connectivity index (χ0v) is 22.4. The number of carbonyl (C=O) groups is 1. The van der Waals surface area contributed by atoms with Gasteiger partial charge in [0.2, 0.25) is 0 Å². The fourth-order valence-corrected chi connectivity index (χ4v) is 6.23. The molecule has 0 saturated heterocycles. The van der Waals surface area contributed by atoms with Crippen LogP contribution >= 0.6 is 11.3 Å². The minimum atomic E-state index is -4.51. The number of anilines is 2. The van der Waals surface area contributed by atoms with Gasteiger partial charge in [-0.3, -0.25) is 9.69 Å². The Kier molecular flexibility index (Phi) is 7.39. The average molecular weight is 587 g/mol. The predicted octanol–water partition coefficient (Wildman–Crippen LogP) is 6.42. The summed E-state index contributed by atoms with van der Waals surface area (Å²) in [6.45, 7) is 4.47. The number of fused-ring (bicyclic) bond motifs is 1. The van der Waals surface area contributed by atoms with Crippen molar-refractivity contribution in [1.82, 2.24) is 4.98 Å². The molecule has 0 unspecified atom stereocenters. The van der Waals surface area contributed by atoms with Gasteiger partial charge in [-0.2, -0.15) is 13.2 Å². The van der Waals surface area contributed by atoms with Crippen molar-refractivity contribution >= 4 is 37.9 Å². The predicted molar refractivity (Wildman–Crippen MR) is 145 cm³/mol. The highest BCUT2D eigenvalue weighted by atomic mass is 32.2. The van der Waals surface area contributed by atoms with Crippen molar-refractivity contribution in [2.45, 2.75) is 16.8 Å². The summed E-state index contributed by atoms with van der Waals surface area (Å²) >= 11 is 1.22. The quantitative estimate of drug-likeness (QED) is 0.232. The van der Waals surface area contributed by atoms with E-state index in [1.165, 1.54) is 40.5 Å². The van der Waals surface area contributed by atoms with Crippen molar-refractivity contribution in [2.75, 3.05) is 18.1 Å². The van der Waals surface area contributed by atoms with Gasteiger partial charge in [-0.05, 0) is 66.2 Å². The summed E-state index contributed by atoms with van der Waals surface area (Å²) in [6, 6.07) is 15.0. The first-order chi connectivity index (χ1) is 19.0. The van der Waals surface area contributed by atoms with E-state index in [0.717, 1.165) is 35.9 Å². The van der Waals surface area contributed by atoms with Gasteiger partial charge in [-0.1, -0.05) is 18.7 Å². The fourth-order valence-electron chi connectivity index (χ4n) is 4.02. The Morgan fingerprint density at radius 1 is 1.00 bits per heavy atom. The number of ether oxygens (including phenoxy) is 2. The molecule has 2 heterocycles. The van der Waals surface area contributed by atoms with Gasteiger partial charge < -0.3 is 9.47 Å². The summed E-state index contributed by atoms with van der Waals surface area (Å²) in [7, 11) is -3.87. The summed E-state index contributed by atoms with van der Waals surface area (Å²) in [4.78, 5) is 18.7. The molecule has 12 heteroatoms. The largest absolute Gasteiger partial charge is 0.486 e. The van der Waals surface area contributed by atoms with Crippen molar-refractivity contribution in [3.05, 3.63) is 95.9 Å². The van der Waals surface area contributed by atoms with E-state index < -0.39 is 33.2 Å². The lowest BCUT2D eigenvalue weighted by molar-refractivity contribution is -0.137. The zero-order valence-electron chi connectivity index (χ0n) is 20.7. The van der Waals surface area contributed by atoms with Gasteiger partial charge in [-0.25, -0.2) is 13.4 Å². The highest BCUT2D eigenvalue weighted by Crippen LogP contribution is 2.37. The van der Waals surface area contributed by atoms with E-state index >= 15 is 0 Å². The van der Waals surface area contributed by atoms with Gasteiger partial charge in [0.15, 0.2) is 26.5 Å². The molecule has 3 aromatic carbocycles. The van der Waals surface area contributed by atoms with Crippen molar-refractivity contribution in [1.29, 1.82) is 0 Å². The third-order valence-electron chi connectivity index (χ3n) is 6.01. The van der Waals surface area contributed by atoms with Gasteiger partial charge >= 0.3 is 6.18 Å². The first kappa shape index (κ1) is 27.4. The number of rotatable bonds is 7. The Balaban J connectivity index is 1.38. The molecular formula is C28H21F3N2O5S2. The minimum Gasteiger partial charge on any atom is -0.486 e. The lowest BCUT2D eigenvalue weighted by atomic mass is 10.1. The van der Waals surface area contributed by atoms with Crippen LogP contribution in [0.25, 0.3) is 11.3 Å². The van der Waals surface area contributed by atoms with E-state index in [-0.39, 0.29) is 10.5 Å². The molecule has 1 aliphatic heterocycles. The maximum absolute atomic E-state index is 12.9. The van der Waals surface area contributed by atoms with Crippen molar-refractivity contribution in [3.63, 3.8) is 0 Å². The number of aromatic nitrogens is 1. The van der Waals surface area contributed by atoms with E-state index in [0.29, 0.717) is 41.2 Å². The topological polar surface area (TPSA) is 85.8 Å². The van der Waals surface area contributed by atoms with Crippen molar-refractivity contribution < 1.29 is 35.9 Å². The molecule has 1 amide bonds. The highest BCUT2D eigenvalue weighted by molar-refractivity contribution is 7.90. The molecule has 1 aliphatic rings. The van der Waals surface area contributed by atoms with Gasteiger partial charge in [0.1, 0.15) is 13.2 Å². The van der Waals surface area contributed by atoms with Crippen LogP contribution in [-0.4, -0.2) is 32.5 Å². The van der Waals surface area contributed by atoms with Crippen LogP contribution in [0.3, 0.4) is 0 Å². The first-order valence-electron chi connectivity index (χ1n) is 11.9. The molecule has 4 aromatic rings. The van der Waals surface area contributed by atoms with E-state index in [9.17, 15) is 26.4 Å². The normalized spacial score (nSPS) is 13.1. The Morgan fingerprint density at radius 2 is 1.68 bits per heavy atom. The Morgan fingerprint density at radius 3 is 2.33 bits per heavy atom. The molecule has 1 aromatic heterocycles. The van der Waals surface area contributed by atoms with Gasteiger partial charge in [0.25, 0.3) is 5.91 Å². The maximum atomic E-state index is 12.9. The molecule has 0 fully saturated rings. The summed E-state index contributed by atoms with van der Waals surface area (Å²) in [5.41, 5.74) is 1.10. The molecule has 40 heavy (non-hydrogen) atoms. The average Bonchev–Trinajstić information content (AvgIpc) is 3.42. The second-order valence-electron chi connectivity index (χ2n) is 8.70. The molecule has 0 aliphatic carbocycles. The first-order valence-corrected chi connectivity index (χ1v) is 14.4. The number of halogens is 3. The highest BCUT2D eigenvalue weighted by Gasteiger charge is 2.30. The molecule has 206 valence electrons. The minimum absolute atomic E-state index is 0.0433. The fraction of sp³-hybridized carbons (Fsp3) is 0.143. The Bertz CT molecular complexity index is 1670. The summed E-state index contributed by atoms with van der Waals surface area (Å²) < 4.78 is 75.5. The maximum Gasteiger partial charge on any atom is 0.416 e. The Labute approximate surface area is 232 Å². The summed E-state index contributed by atoms with van der Waals surface area (Å²) in [6.07, 6.45) is -3.38. The van der Waals surface area contributed by atoms with Crippen LogP contribution in [0, 0.1) is 0 Å². The van der Waals surface area contributed by atoms with E-state index in [1.807, 2.05) is 12.1 Å². The van der Waals surface area contributed by atoms with Crippen LogP contribution < -0.4 is 14.4 Å². The number of amides is 1. The van der Waals surface area contributed by atoms with Crippen LogP contribution in [0.4, 0.5) is 24.0 Å². The smallest absolute Gasteiger partial charge is 0.416 e. The number of sulfone groups is 1. The second kappa shape index (κ2) is 10.8. The van der Waals surface area contributed by atoms with Crippen LogP contribution in [0.5, 0.6) is 11.5 Å². The van der Waals surface area contributed by atoms with Crippen molar-refractivity contribution in [2.24, 2.45) is 0 Å². The number of hydrogen-bond acceptors (Lipinski definition) is 7. The van der Waals surface area contributed by atoms with Crippen LogP contribution in [0.2, 0.25) is 0 Å². The van der Waals surface area contributed by atoms with Gasteiger partial charge in [0, 0.05) is 10.9 Å². The number of nitrogens with zero attached hydrogens (tertiary/aromatic N) is 2. The number of hydrogen-bond donors (Lipinski definition) is 0. The number of thiazole rings is 1. The molecular weight excluding hydrogens is 565 g/mol. The lowest BCUT2D eigenvalue weighted by Gasteiger charge is -2.19. The van der Waals surface area contributed by atoms with E-state index in [2.05, 4.69) is 11.6 Å². The zero-order chi connectivity index (χ0) is 28.5. The lowest BCUT2D eigenvalue weighted by Crippen LogP contribution is -2.23. The standard InChI is InChI=1S/C28H21F3N2O5S2/c1-2-26(34)33(27-32-23(16-39-27)19-5-12-24-25(15-19)38-14-13-37-24)21-8-10-22(11-9-21)40(35,36)17-18-3-6-20(7-4-18)28(29,30)31/h2-12,15-16H,1,13-14,17H2. The number of alkyl halides is 3. The summed E-state index contributed by atoms with van der Waals surface area (Å²) in [5.74, 6) is 0.293. The van der Waals surface area contributed by atoms with E-state index in [4.69, 9.17) is 9.47 Å². The van der Waals surface area contributed by atoms with Gasteiger partial charge in [0.05, 0.1) is 27.6 Å². The van der Waals surface area contributed by atoms with Crippen LogP contribution in [0.15, 0.2) is 89.7 Å². The number of benzene rings is 3. The van der Waals surface area contributed by atoms with Crippen LogP contribution in [-0.2, 0) is 26.6 Å². The number of carbonyl (C=O) groups excluding carboxylic acids is 1. The SMILES string of the molecule is C=CC(=O)N(c1ccc(S(=O)(=O)Cc2ccc(C(F)(F)F)cc2)cc1)c1nc(-c2ccc3c(c2)OCCO3)cs1. The molecule has 0 spiro atoms.